The van der Waals surface area contributed by atoms with Crippen LogP contribution in [0.15, 0.2) is 30.4 Å². The monoisotopic (exact) mass is 432 g/mol. The highest BCUT2D eigenvalue weighted by Crippen LogP contribution is 2.37. The van der Waals surface area contributed by atoms with Crippen molar-refractivity contribution in [2.75, 3.05) is 25.3 Å². The molecule has 0 fully saturated rings. The van der Waals surface area contributed by atoms with Gasteiger partial charge in [0.15, 0.2) is 16.6 Å². The molecule has 1 aliphatic heterocycles. The first kappa shape index (κ1) is 21.1. The molecule has 0 saturated heterocycles. The summed E-state index contributed by atoms with van der Waals surface area (Å²) in [5.41, 5.74) is 3.42. The van der Waals surface area contributed by atoms with E-state index >= 15 is 0 Å². The van der Waals surface area contributed by atoms with Crippen LogP contribution in [0.5, 0.6) is 11.5 Å². The maximum absolute atomic E-state index is 12.7. The van der Waals surface area contributed by atoms with Gasteiger partial charge in [0.05, 0.1) is 12.2 Å². The van der Waals surface area contributed by atoms with Gasteiger partial charge in [-0.2, -0.15) is 0 Å². The van der Waals surface area contributed by atoms with E-state index < -0.39 is 0 Å². The van der Waals surface area contributed by atoms with E-state index in [0.717, 1.165) is 33.1 Å². The molecule has 0 aliphatic carbocycles. The van der Waals surface area contributed by atoms with Crippen molar-refractivity contribution in [2.45, 2.75) is 27.2 Å². The lowest BCUT2D eigenvalue weighted by atomic mass is 10.0. The Morgan fingerprint density at radius 1 is 1.34 bits per heavy atom. The number of carbonyl (C=O) groups is 1. The summed E-state index contributed by atoms with van der Waals surface area (Å²) in [6, 6.07) is 5.81. The Bertz CT molecular complexity index is 952. The molecule has 2 N–H and O–H groups in total. The molecule has 3 rings (SSSR count). The Balaban J connectivity index is 1.89. The van der Waals surface area contributed by atoms with Crippen LogP contribution in [0.25, 0.3) is 0 Å². The lowest BCUT2D eigenvalue weighted by Gasteiger charge is -2.12. The lowest BCUT2D eigenvalue weighted by Crippen LogP contribution is -2.29. The molecule has 8 heteroatoms. The average Bonchev–Trinajstić information content (AvgIpc) is 3.24. The van der Waals surface area contributed by atoms with E-state index in [0.29, 0.717) is 35.2 Å². The van der Waals surface area contributed by atoms with Crippen molar-refractivity contribution in [3.05, 3.63) is 51.9 Å². The minimum atomic E-state index is -0.363. The summed E-state index contributed by atoms with van der Waals surface area (Å²) in [7, 11) is 0. The summed E-state index contributed by atoms with van der Waals surface area (Å²) < 4.78 is 16.2. The zero-order valence-electron chi connectivity index (χ0n) is 16.7. The van der Waals surface area contributed by atoms with E-state index in [1.54, 1.807) is 6.92 Å². The van der Waals surface area contributed by atoms with Gasteiger partial charge in [0, 0.05) is 11.4 Å². The molecule has 1 aromatic carbocycles. The SMILES string of the molecule is C=C(C)CNC(=S)Nc1sc(C)c(Cc2ccc3c(c2)OCO3)c1C(=O)OCC. The van der Waals surface area contributed by atoms with Crippen LogP contribution in [0.3, 0.4) is 0 Å². The molecule has 0 spiro atoms. The second kappa shape index (κ2) is 9.28. The van der Waals surface area contributed by atoms with Gasteiger partial charge in [0.1, 0.15) is 5.00 Å². The van der Waals surface area contributed by atoms with Crippen molar-refractivity contribution < 1.29 is 19.0 Å². The zero-order chi connectivity index (χ0) is 21.0. The van der Waals surface area contributed by atoms with Gasteiger partial charge in [-0.1, -0.05) is 18.2 Å². The number of esters is 1. The van der Waals surface area contributed by atoms with E-state index in [-0.39, 0.29) is 12.8 Å². The largest absolute Gasteiger partial charge is 0.462 e. The number of rotatable bonds is 7. The third kappa shape index (κ3) is 5.07. The Labute approximate surface area is 179 Å². The smallest absolute Gasteiger partial charge is 0.341 e. The molecule has 0 atom stereocenters. The van der Waals surface area contributed by atoms with Crippen molar-refractivity contribution in [1.82, 2.24) is 5.32 Å². The highest BCUT2D eigenvalue weighted by molar-refractivity contribution is 7.80. The van der Waals surface area contributed by atoms with Gasteiger partial charge in [-0.25, -0.2) is 4.79 Å². The summed E-state index contributed by atoms with van der Waals surface area (Å²) in [6.07, 6.45) is 0.570. The molecule has 1 aromatic heterocycles. The van der Waals surface area contributed by atoms with Gasteiger partial charge in [-0.05, 0) is 62.7 Å². The second-order valence-corrected chi connectivity index (χ2v) is 8.32. The Kier molecular flexibility index (Phi) is 6.76. The van der Waals surface area contributed by atoms with Crippen molar-refractivity contribution in [3.8, 4) is 11.5 Å². The minimum absolute atomic E-state index is 0.229. The molecule has 1 aliphatic rings. The third-order valence-electron chi connectivity index (χ3n) is 4.28. The maximum atomic E-state index is 12.7. The first-order valence-corrected chi connectivity index (χ1v) is 10.5. The van der Waals surface area contributed by atoms with Crippen molar-refractivity contribution in [2.24, 2.45) is 0 Å². The summed E-state index contributed by atoms with van der Waals surface area (Å²) >= 11 is 6.85. The predicted molar refractivity (Wildman–Crippen MR) is 119 cm³/mol. The van der Waals surface area contributed by atoms with E-state index in [2.05, 4.69) is 17.2 Å². The topological polar surface area (TPSA) is 68.8 Å². The standard InChI is InChI=1S/C21H24N2O4S2/c1-5-25-20(24)18-15(8-14-6-7-16-17(9-14)27-11-26-16)13(4)29-19(18)23-21(28)22-10-12(2)3/h6-7,9H,2,5,8,10-11H2,1,3-4H3,(H2,22,23,28). The normalized spacial score (nSPS) is 11.8. The molecule has 2 aromatic rings. The number of hydrogen-bond acceptors (Lipinski definition) is 6. The molecular weight excluding hydrogens is 408 g/mol. The summed E-state index contributed by atoms with van der Waals surface area (Å²) in [6.45, 7) is 10.6. The van der Waals surface area contributed by atoms with Crippen LogP contribution in [0.2, 0.25) is 0 Å². The van der Waals surface area contributed by atoms with Gasteiger partial charge in [0.25, 0.3) is 0 Å². The van der Waals surface area contributed by atoms with Crippen LogP contribution in [-0.2, 0) is 11.2 Å². The van der Waals surface area contributed by atoms with Gasteiger partial charge in [-0.15, -0.1) is 11.3 Å². The van der Waals surface area contributed by atoms with E-state index in [1.807, 2.05) is 32.0 Å². The molecule has 6 nitrogen and oxygen atoms in total. The Morgan fingerprint density at radius 2 is 2.10 bits per heavy atom. The fourth-order valence-electron chi connectivity index (χ4n) is 2.93. The minimum Gasteiger partial charge on any atom is -0.462 e. The Morgan fingerprint density at radius 3 is 2.83 bits per heavy atom. The predicted octanol–water partition coefficient (Wildman–Crippen LogP) is 4.42. The molecule has 0 radical (unpaired) electrons. The van der Waals surface area contributed by atoms with Crippen LogP contribution in [0.1, 0.15) is 40.2 Å². The third-order valence-corrected chi connectivity index (χ3v) is 5.59. The highest BCUT2D eigenvalue weighted by atomic mass is 32.1. The summed E-state index contributed by atoms with van der Waals surface area (Å²) in [5.74, 6) is 1.09. The summed E-state index contributed by atoms with van der Waals surface area (Å²) in [4.78, 5) is 13.8. The first-order valence-electron chi connectivity index (χ1n) is 9.26. The number of benzene rings is 1. The number of anilines is 1. The molecule has 2 heterocycles. The van der Waals surface area contributed by atoms with Gasteiger partial charge in [0.2, 0.25) is 6.79 Å². The van der Waals surface area contributed by atoms with Gasteiger partial charge < -0.3 is 24.8 Å². The number of thiophene rings is 1. The zero-order valence-corrected chi connectivity index (χ0v) is 18.4. The van der Waals surface area contributed by atoms with Crippen LogP contribution in [0.4, 0.5) is 5.00 Å². The maximum Gasteiger partial charge on any atom is 0.341 e. The number of ether oxygens (including phenoxy) is 3. The summed E-state index contributed by atoms with van der Waals surface area (Å²) in [5, 5.41) is 7.34. The molecular formula is C21H24N2O4S2. The quantitative estimate of drug-likeness (QED) is 0.381. The molecule has 154 valence electrons. The molecule has 29 heavy (non-hydrogen) atoms. The number of hydrogen-bond donors (Lipinski definition) is 2. The van der Waals surface area contributed by atoms with Crippen molar-refractivity contribution >= 4 is 39.6 Å². The number of fused-ring (bicyclic) bond motifs is 1. The fourth-order valence-corrected chi connectivity index (χ4v) is 4.24. The fraction of sp³-hybridized carbons (Fsp3) is 0.333. The lowest BCUT2D eigenvalue weighted by molar-refractivity contribution is 0.0527. The van der Waals surface area contributed by atoms with E-state index in [9.17, 15) is 4.79 Å². The average molecular weight is 433 g/mol. The Hall–Kier alpha value is -2.58. The molecule has 0 unspecified atom stereocenters. The van der Waals surface area contributed by atoms with E-state index in [4.69, 9.17) is 26.4 Å². The molecule has 0 amide bonds. The molecule has 0 bridgehead atoms. The van der Waals surface area contributed by atoms with Crippen LogP contribution in [-0.4, -0.2) is 31.0 Å². The van der Waals surface area contributed by atoms with Crippen LogP contribution < -0.4 is 20.1 Å². The van der Waals surface area contributed by atoms with Crippen LogP contribution >= 0.6 is 23.6 Å². The van der Waals surface area contributed by atoms with Crippen LogP contribution in [0, 0.1) is 6.92 Å². The molecule has 0 saturated carbocycles. The second-order valence-electron chi connectivity index (χ2n) is 6.69. The highest BCUT2D eigenvalue weighted by Gasteiger charge is 2.24. The first-order chi connectivity index (χ1) is 13.9. The van der Waals surface area contributed by atoms with Gasteiger partial charge >= 0.3 is 5.97 Å². The number of aryl methyl sites for hydroxylation is 1. The number of thiocarbonyl (C=S) groups is 1. The number of carbonyl (C=O) groups excluding carboxylic acids is 1. The van der Waals surface area contributed by atoms with Gasteiger partial charge in [-0.3, -0.25) is 0 Å². The van der Waals surface area contributed by atoms with Crippen molar-refractivity contribution in [3.63, 3.8) is 0 Å². The number of nitrogens with one attached hydrogen (secondary N) is 2. The van der Waals surface area contributed by atoms with E-state index in [1.165, 1.54) is 11.3 Å². The van der Waals surface area contributed by atoms with Crippen molar-refractivity contribution in [1.29, 1.82) is 0 Å².